The number of nitrogens with zero attached hydrogens (tertiary/aromatic N) is 3. The van der Waals surface area contributed by atoms with E-state index in [1.165, 1.54) is 11.8 Å². The average Bonchev–Trinajstić information content (AvgIpc) is 2.88. The predicted octanol–water partition coefficient (Wildman–Crippen LogP) is 1.04. The summed E-state index contributed by atoms with van der Waals surface area (Å²) >= 11 is 1.44. The third kappa shape index (κ3) is 2.68. The highest BCUT2D eigenvalue weighted by Gasteiger charge is 2.13. The second-order valence-corrected chi connectivity index (χ2v) is 4.47. The fourth-order valence-corrected chi connectivity index (χ4v) is 2.17. The second-order valence-electron chi connectivity index (χ2n) is 3.41. The van der Waals surface area contributed by atoms with Crippen LogP contribution in [0.1, 0.15) is 6.42 Å². The molecule has 0 radical (unpaired) electrons. The standard InChI is InChI=1S/C10H12N4O2S/c1-14-9(7-3-2-5-16-7)12-13-10(14)17-6-4-8(11)15/h2-3,5H,4,6H2,1H3,(H2,11,15). The highest BCUT2D eigenvalue weighted by atomic mass is 32.2. The van der Waals surface area contributed by atoms with Crippen LogP contribution in [0.25, 0.3) is 11.6 Å². The van der Waals surface area contributed by atoms with E-state index in [2.05, 4.69) is 10.2 Å². The van der Waals surface area contributed by atoms with Gasteiger partial charge in [-0.25, -0.2) is 0 Å². The van der Waals surface area contributed by atoms with Gasteiger partial charge in [-0.2, -0.15) is 0 Å². The van der Waals surface area contributed by atoms with Crippen molar-refractivity contribution in [3.8, 4) is 11.6 Å². The van der Waals surface area contributed by atoms with E-state index >= 15 is 0 Å². The number of thioether (sulfide) groups is 1. The van der Waals surface area contributed by atoms with Crippen molar-refractivity contribution in [2.45, 2.75) is 11.6 Å². The van der Waals surface area contributed by atoms with Crippen LogP contribution < -0.4 is 5.73 Å². The number of hydrogen-bond donors (Lipinski definition) is 1. The van der Waals surface area contributed by atoms with Crippen LogP contribution in [0.5, 0.6) is 0 Å². The molecule has 17 heavy (non-hydrogen) atoms. The van der Waals surface area contributed by atoms with Gasteiger partial charge in [-0.05, 0) is 12.1 Å². The molecule has 0 fully saturated rings. The molecule has 2 heterocycles. The molecule has 0 aliphatic carbocycles. The number of carbonyl (C=O) groups excluding carboxylic acids is 1. The molecule has 0 atom stereocenters. The lowest BCUT2D eigenvalue weighted by molar-refractivity contribution is -0.117. The van der Waals surface area contributed by atoms with Crippen molar-refractivity contribution < 1.29 is 9.21 Å². The quantitative estimate of drug-likeness (QED) is 0.803. The van der Waals surface area contributed by atoms with Gasteiger partial charge in [-0.15, -0.1) is 10.2 Å². The SMILES string of the molecule is Cn1c(SCCC(N)=O)nnc1-c1ccco1. The Morgan fingerprint density at radius 1 is 1.59 bits per heavy atom. The largest absolute Gasteiger partial charge is 0.461 e. The maximum atomic E-state index is 10.6. The topological polar surface area (TPSA) is 86.9 Å². The number of amides is 1. The molecule has 2 N–H and O–H groups in total. The fraction of sp³-hybridized carbons (Fsp3) is 0.300. The Kier molecular flexibility index (Phi) is 3.48. The summed E-state index contributed by atoms with van der Waals surface area (Å²) in [6.45, 7) is 0. The summed E-state index contributed by atoms with van der Waals surface area (Å²) in [7, 11) is 1.85. The van der Waals surface area contributed by atoms with Crippen molar-refractivity contribution in [3.63, 3.8) is 0 Å². The minimum absolute atomic E-state index is 0.314. The monoisotopic (exact) mass is 252 g/mol. The number of hydrogen-bond acceptors (Lipinski definition) is 5. The molecule has 2 rings (SSSR count). The Hall–Kier alpha value is -1.76. The summed E-state index contributed by atoms with van der Waals surface area (Å²) in [6.07, 6.45) is 1.91. The number of rotatable bonds is 5. The van der Waals surface area contributed by atoms with E-state index in [-0.39, 0.29) is 5.91 Å². The smallest absolute Gasteiger partial charge is 0.218 e. The van der Waals surface area contributed by atoms with Crippen molar-refractivity contribution >= 4 is 17.7 Å². The van der Waals surface area contributed by atoms with Crippen molar-refractivity contribution in [1.82, 2.24) is 14.8 Å². The van der Waals surface area contributed by atoms with Gasteiger partial charge in [0.2, 0.25) is 5.91 Å². The molecule has 0 aromatic carbocycles. The second kappa shape index (κ2) is 5.05. The van der Waals surface area contributed by atoms with Gasteiger partial charge < -0.3 is 14.7 Å². The van der Waals surface area contributed by atoms with Crippen molar-refractivity contribution in [3.05, 3.63) is 18.4 Å². The van der Waals surface area contributed by atoms with Gasteiger partial charge >= 0.3 is 0 Å². The molecular formula is C10H12N4O2S. The zero-order chi connectivity index (χ0) is 12.3. The number of carbonyl (C=O) groups is 1. The molecule has 0 saturated heterocycles. The molecule has 1 amide bonds. The Bertz CT molecular complexity index is 506. The fourth-order valence-electron chi connectivity index (χ4n) is 1.30. The zero-order valence-electron chi connectivity index (χ0n) is 9.29. The van der Waals surface area contributed by atoms with E-state index in [1.54, 1.807) is 12.3 Å². The number of furan rings is 1. The summed E-state index contributed by atoms with van der Waals surface area (Å²) in [5.74, 6) is 1.61. The van der Waals surface area contributed by atoms with E-state index in [9.17, 15) is 4.79 Å². The van der Waals surface area contributed by atoms with Crippen LogP contribution in [0.2, 0.25) is 0 Å². The van der Waals surface area contributed by atoms with E-state index < -0.39 is 0 Å². The van der Waals surface area contributed by atoms with Gasteiger partial charge in [-0.3, -0.25) is 4.79 Å². The summed E-state index contributed by atoms with van der Waals surface area (Å²) in [5.41, 5.74) is 5.07. The first-order valence-corrected chi connectivity index (χ1v) is 6.01. The number of nitrogens with two attached hydrogens (primary N) is 1. The molecule has 0 aliphatic heterocycles. The van der Waals surface area contributed by atoms with Crippen LogP contribution >= 0.6 is 11.8 Å². The van der Waals surface area contributed by atoms with Crippen LogP contribution in [-0.2, 0) is 11.8 Å². The molecule has 0 aliphatic rings. The first kappa shape index (κ1) is 11.7. The molecule has 0 bridgehead atoms. The molecule has 2 aromatic rings. The molecule has 6 nitrogen and oxygen atoms in total. The molecule has 0 saturated carbocycles. The lowest BCUT2D eigenvalue weighted by Crippen LogP contribution is -2.11. The third-order valence-electron chi connectivity index (χ3n) is 2.16. The lowest BCUT2D eigenvalue weighted by Gasteiger charge is -2.00. The highest BCUT2D eigenvalue weighted by molar-refractivity contribution is 7.99. The Balaban J connectivity index is 2.08. The van der Waals surface area contributed by atoms with Crippen molar-refractivity contribution in [2.24, 2.45) is 12.8 Å². The number of primary amides is 1. The third-order valence-corrected chi connectivity index (χ3v) is 3.18. The lowest BCUT2D eigenvalue weighted by atomic mass is 10.4. The molecule has 0 unspecified atom stereocenters. The zero-order valence-corrected chi connectivity index (χ0v) is 10.1. The minimum Gasteiger partial charge on any atom is -0.461 e. The van der Waals surface area contributed by atoms with Crippen molar-refractivity contribution in [2.75, 3.05) is 5.75 Å². The molecular weight excluding hydrogens is 240 g/mol. The molecule has 2 aromatic heterocycles. The normalized spacial score (nSPS) is 10.6. The molecule has 7 heteroatoms. The van der Waals surface area contributed by atoms with Crippen LogP contribution in [0.4, 0.5) is 0 Å². The number of aromatic nitrogens is 3. The first-order valence-electron chi connectivity index (χ1n) is 5.03. The van der Waals surface area contributed by atoms with Crippen LogP contribution in [0, 0.1) is 0 Å². The van der Waals surface area contributed by atoms with Gasteiger partial charge in [0.15, 0.2) is 16.7 Å². The van der Waals surface area contributed by atoms with E-state index in [0.717, 1.165) is 5.16 Å². The maximum Gasteiger partial charge on any atom is 0.218 e. The van der Waals surface area contributed by atoms with E-state index in [0.29, 0.717) is 23.8 Å². The summed E-state index contributed by atoms with van der Waals surface area (Å²) in [5, 5.41) is 8.80. The first-order chi connectivity index (χ1) is 8.18. The Morgan fingerprint density at radius 2 is 2.41 bits per heavy atom. The Morgan fingerprint density at radius 3 is 3.06 bits per heavy atom. The molecule has 0 spiro atoms. The predicted molar refractivity (Wildman–Crippen MR) is 63.2 cm³/mol. The summed E-state index contributed by atoms with van der Waals surface area (Å²) in [4.78, 5) is 10.6. The summed E-state index contributed by atoms with van der Waals surface area (Å²) < 4.78 is 7.07. The van der Waals surface area contributed by atoms with Gasteiger partial charge in [0, 0.05) is 19.2 Å². The van der Waals surface area contributed by atoms with Crippen molar-refractivity contribution in [1.29, 1.82) is 0 Å². The van der Waals surface area contributed by atoms with E-state index in [4.69, 9.17) is 10.2 Å². The van der Waals surface area contributed by atoms with Crippen LogP contribution in [0.15, 0.2) is 28.0 Å². The highest BCUT2D eigenvalue weighted by Crippen LogP contribution is 2.22. The van der Waals surface area contributed by atoms with Gasteiger partial charge in [0.05, 0.1) is 6.26 Å². The maximum absolute atomic E-state index is 10.6. The van der Waals surface area contributed by atoms with E-state index in [1.807, 2.05) is 17.7 Å². The van der Waals surface area contributed by atoms with Crippen LogP contribution in [-0.4, -0.2) is 26.4 Å². The average molecular weight is 252 g/mol. The van der Waals surface area contributed by atoms with Gasteiger partial charge in [0.25, 0.3) is 0 Å². The summed E-state index contributed by atoms with van der Waals surface area (Å²) in [6, 6.07) is 3.62. The van der Waals surface area contributed by atoms with Crippen LogP contribution in [0.3, 0.4) is 0 Å². The van der Waals surface area contributed by atoms with Gasteiger partial charge in [-0.1, -0.05) is 11.8 Å². The minimum atomic E-state index is -0.314. The molecule has 90 valence electrons. The van der Waals surface area contributed by atoms with Gasteiger partial charge in [0.1, 0.15) is 0 Å². The Labute approximate surface area is 102 Å².